The quantitative estimate of drug-likeness (QED) is 0.413. The van der Waals surface area contributed by atoms with Crippen LogP contribution in [0.5, 0.6) is 5.75 Å². The number of para-hydroxylation sites is 1. The number of amides is 1. The predicted molar refractivity (Wildman–Crippen MR) is 115 cm³/mol. The molecule has 0 radical (unpaired) electrons. The Kier molecular flexibility index (Phi) is 7.14. The molecule has 3 aromatic carbocycles. The summed E-state index contributed by atoms with van der Waals surface area (Å²) in [4.78, 5) is 26.8. The van der Waals surface area contributed by atoms with Crippen molar-refractivity contribution in [3.63, 3.8) is 0 Å². The monoisotopic (exact) mass is 409 g/mol. The first-order valence-corrected chi connectivity index (χ1v) is 10.2. The van der Waals surface area contributed by atoms with E-state index in [9.17, 15) is 9.59 Å². The third-order valence-electron chi connectivity index (χ3n) is 4.46. The minimum Gasteiger partial charge on any atom is -0.496 e. The molecule has 1 amide bonds. The van der Waals surface area contributed by atoms with Crippen LogP contribution in [0.4, 0.5) is 0 Å². The Morgan fingerprint density at radius 3 is 2.48 bits per heavy atom. The first-order chi connectivity index (χ1) is 14.1. The number of carbonyl (C=O) groups excluding carboxylic acids is 2. The van der Waals surface area contributed by atoms with Gasteiger partial charge in [-0.2, -0.15) is 0 Å². The molecule has 3 aromatic rings. The van der Waals surface area contributed by atoms with Crippen molar-refractivity contribution >= 4 is 34.4 Å². The molecule has 0 aliphatic rings. The lowest BCUT2D eigenvalue weighted by molar-refractivity contribution is -0.149. The first-order valence-electron chi connectivity index (χ1n) is 9.20. The molecule has 0 saturated carbocycles. The molecule has 0 aromatic heterocycles. The average Bonchev–Trinajstić information content (AvgIpc) is 2.76. The van der Waals surface area contributed by atoms with Crippen LogP contribution < -0.4 is 4.74 Å². The number of hydrogen-bond donors (Lipinski definition) is 0. The van der Waals surface area contributed by atoms with Gasteiger partial charge in [-0.15, -0.1) is 11.8 Å². The molecule has 29 heavy (non-hydrogen) atoms. The van der Waals surface area contributed by atoms with Gasteiger partial charge in [0.25, 0.3) is 5.91 Å². The molecule has 0 atom stereocenters. The molecular formula is C23H23NO4S. The SMILES string of the molecule is COc1ccccc1CN(C)C(=O)COC(=O)CSc1ccc2ccccc2c1. The van der Waals surface area contributed by atoms with E-state index in [1.165, 1.54) is 16.7 Å². The van der Waals surface area contributed by atoms with Crippen molar-refractivity contribution in [1.82, 2.24) is 4.90 Å². The Hall–Kier alpha value is -2.99. The fourth-order valence-electron chi connectivity index (χ4n) is 2.87. The first kappa shape index (κ1) is 20.7. The fraction of sp³-hybridized carbons (Fsp3) is 0.217. The second-order valence-corrected chi connectivity index (χ2v) is 7.57. The number of benzene rings is 3. The van der Waals surface area contributed by atoms with E-state index in [1.807, 2.05) is 66.7 Å². The van der Waals surface area contributed by atoms with E-state index in [-0.39, 0.29) is 18.3 Å². The van der Waals surface area contributed by atoms with Crippen molar-refractivity contribution in [2.24, 2.45) is 0 Å². The van der Waals surface area contributed by atoms with Gasteiger partial charge in [0.2, 0.25) is 0 Å². The van der Waals surface area contributed by atoms with Crippen molar-refractivity contribution in [3.05, 3.63) is 72.3 Å². The molecule has 150 valence electrons. The molecule has 0 aliphatic heterocycles. The maximum Gasteiger partial charge on any atom is 0.316 e. The molecule has 0 bridgehead atoms. The van der Waals surface area contributed by atoms with Gasteiger partial charge in [-0.25, -0.2) is 0 Å². The molecule has 0 N–H and O–H groups in total. The zero-order valence-corrected chi connectivity index (χ0v) is 17.3. The van der Waals surface area contributed by atoms with Crippen LogP contribution in [-0.2, 0) is 20.9 Å². The predicted octanol–water partition coefficient (Wildman–Crippen LogP) is 4.14. The number of esters is 1. The fourth-order valence-corrected chi connectivity index (χ4v) is 3.61. The minimum absolute atomic E-state index is 0.155. The molecule has 3 rings (SSSR count). The second kappa shape index (κ2) is 9.98. The van der Waals surface area contributed by atoms with E-state index >= 15 is 0 Å². The highest BCUT2D eigenvalue weighted by Crippen LogP contribution is 2.23. The van der Waals surface area contributed by atoms with Gasteiger partial charge in [-0.05, 0) is 29.0 Å². The Balaban J connectivity index is 1.46. The number of rotatable bonds is 8. The Labute approximate surface area is 174 Å². The summed E-state index contributed by atoms with van der Waals surface area (Å²) in [6, 6.07) is 21.6. The van der Waals surface area contributed by atoms with Gasteiger partial charge < -0.3 is 14.4 Å². The van der Waals surface area contributed by atoms with Crippen molar-refractivity contribution < 1.29 is 19.1 Å². The maximum atomic E-state index is 12.3. The van der Waals surface area contributed by atoms with Gasteiger partial charge in [-0.3, -0.25) is 9.59 Å². The highest BCUT2D eigenvalue weighted by molar-refractivity contribution is 8.00. The van der Waals surface area contributed by atoms with Crippen LogP contribution in [-0.4, -0.2) is 43.3 Å². The number of fused-ring (bicyclic) bond motifs is 1. The molecule has 0 spiro atoms. The highest BCUT2D eigenvalue weighted by atomic mass is 32.2. The van der Waals surface area contributed by atoms with Crippen LogP contribution in [0.1, 0.15) is 5.56 Å². The number of nitrogens with zero attached hydrogens (tertiary/aromatic N) is 1. The summed E-state index contributed by atoms with van der Waals surface area (Å²) in [5.41, 5.74) is 0.893. The summed E-state index contributed by atoms with van der Waals surface area (Å²) in [5, 5.41) is 2.28. The average molecular weight is 410 g/mol. The van der Waals surface area contributed by atoms with Crippen molar-refractivity contribution in [2.45, 2.75) is 11.4 Å². The highest BCUT2D eigenvalue weighted by Gasteiger charge is 2.14. The van der Waals surface area contributed by atoms with Crippen LogP contribution in [0.15, 0.2) is 71.6 Å². The molecule has 6 heteroatoms. The summed E-state index contributed by atoms with van der Waals surface area (Å²) in [6.07, 6.45) is 0. The van der Waals surface area contributed by atoms with Crippen molar-refractivity contribution in [3.8, 4) is 5.75 Å². The number of thioether (sulfide) groups is 1. The minimum atomic E-state index is -0.415. The summed E-state index contributed by atoms with van der Waals surface area (Å²) < 4.78 is 10.4. The second-order valence-electron chi connectivity index (χ2n) is 6.52. The van der Waals surface area contributed by atoms with Crippen LogP contribution in [0.25, 0.3) is 10.8 Å². The summed E-state index contributed by atoms with van der Waals surface area (Å²) in [5.74, 6) is 0.195. The number of ether oxygens (including phenoxy) is 2. The summed E-state index contributed by atoms with van der Waals surface area (Å²) in [6.45, 7) is 0.106. The lowest BCUT2D eigenvalue weighted by Crippen LogP contribution is -2.31. The zero-order valence-electron chi connectivity index (χ0n) is 16.5. The van der Waals surface area contributed by atoms with Crippen LogP contribution in [0.2, 0.25) is 0 Å². The van der Waals surface area contributed by atoms with E-state index in [4.69, 9.17) is 9.47 Å². The number of carbonyl (C=O) groups is 2. The Morgan fingerprint density at radius 2 is 1.69 bits per heavy atom. The topological polar surface area (TPSA) is 55.8 Å². The molecule has 5 nitrogen and oxygen atoms in total. The van der Waals surface area contributed by atoms with Crippen LogP contribution in [0.3, 0.4) is 0 Å². The van der Waals surface area contributed by atoms with Gasteiger partial charge >= 0.3 is 5.97 Å². The van der Waals surface area contributed by atoms with E-state index < -0.39 is 5.97 Å². The zero-order chi connectivity index (χ0) is 20.6. The molecule has 0 fully saturated rings. The summed E-state index contributed by atoms with van der Waals surface area (Å²) in [7, 11) is 3.27. The van der Waals surface area contributed by atoms with Gasteiger partial charge in [-0.1, -0.05) is 48.5 Å². The number of likely N-dealkylation sites (N-methyl/N-ethyl adjacent to an activating group) is 1. The normalized spacial score (nSPS) is 10.6. The summed E-state index contributed by atoms with van der Waals surface area (Å²) >= 11 is 1.40. The smallest absolute Gasteiger partial charge is 0.316 e. The molecule has 0 heterocycles. The van der Waals surface area contributed by atoms with E-state index in [0.29, 0.717) is 6.54 Å². The van der Waals surface area contributed by atoms with E-state index in [2.05, 4.69) is 0 Å². The molecule has 0 unspecified atom stereocenters. The molecule has 0 saturated heterocycles. The van der Waals surface area contributed by atoms with Gasteiger partial charge in [0.05, 0.1) is 12.9 Å². The van der Waals surface area contributed by atoms with Gasteiger partial charge in [0.1, 0.15) is 5.75 Å². The number of methoxy groups -OCH3 is 1. The van der Waals surface area contributed by atoms with E-state index in [1.54, 1.807) is 14.2 Å². The van der Waals surface area contributed by atoms with Gasteiger partial charge in [0.15, 0.2) is 6.61 Å². The van der Waals surface area contributed by atoms with E-state index in [0.717, 1.165) is 27.0 Å². The number of hydrogen-bond acceptors (Lipinski definition) is 5. The third kappa shape index (κ3) is 5.74. The van der Waals surface area contributed by atoms with Crippen LogP contribution >= 0.6 is 11.8 Å². The largest absolute Gasteiger partial charge is 0.496 e. The van der Waals surface area contributed by atoms with Crippen molar-refractivity contribution in [1.29, 1.82) is 0 Å². The lowest BCUT2D eigenvalue weighted by Gasteiger charge is -2.18. The lowest BCUT2D eigenvalue weighted by atomic mass is 10.1. The molecular weight excluding hydrogens is 386 g/mol. The van der Waals surface area contributed by atoms with Crippen LogP contribution in [0, 0.1) is 0 Å². The molecule has 0 aliphatic carbocycles. The third-order valence-corrected chi connectivity index (χ3v) is 5.43. The maximum absolute atomic E-state index is 12.3. The standard InChI is InChI=1S/C23H23NO4S/c1-24(14-19-9-5-6-10-21(19)27-2)22(25)15-28-23(26)16-29-20-12-11-17-7-3-4-8-18(17)13-20/h3-13H,14-16H2,1-2H3. The van der Waals surface area contributed by atoms with Crippen molar-refractivity contribution in [2.75, 3.05) is 26.5 Å². The Bertz CT molecular complexity index is 1000. The van der Waals surface area contributed by atoms with Gasteiger partial charge in [0, 0.05) is 24.1 Å². The Morgan fingerprint density at radius 1 is 0.966 bits per heavy atom.